The molecule has 4 nitrogen and oxygen atoms in total. The largest absolute Gasteiger partial charge is 0.506 e. The van der Waals surface area contributed by atoms with Crippen molar-refractivity contribution >= 4 is 46.4 Å². The van der Waals surface area contributed by atoms with Crippen LogP contribution in [0.4, 0.5) is 0 Å². The van der Waals surface area contributed by atoms with Gasteiger partial charge < -0.3 is 20.4 Å². The average molecular weight is 612 g/mol. The van der Waals surface area contributed by atoms with E-state index in [1.54, 1.807) is 48.5 Å². The highest BCUT2D eigenvalue weighted by molar-refractivity contribution is 6.33. The van der Waals surface area contributed by atoms with Crippen molar-refractivity contribution < 1.29 is 20.4 Å². The van der Waals surface area contributed by atoms with Crippen LogP contribution in [-0.4, -0.2) is 20.4 Å². The molecule has 0 saturated carbocycles. The first kappa shape index (κ1) is 28.0. The van der Waals surface area contributed by atoms with Crippen molar-refractivity contribution in [3.8, 4) is 23.0 Å². The quantitative estimate of drug-likeness (QED) is 0.144. The number of phenolic OH excluding ortho intramolecular Hbond substituents is 4. The Labute approximate surface area is 251 Å². The Hall–Kier alpha value is -3.54. The zero-order chi connectivity index (χ0) is 28.6. The van der Waals surface area contributed by atoms with Gasteiger partial charge in [-0.15, -0.1) is 0 Å². The molecular formula is C32H22Cl4O4. The number of aromatic hydroxyl groups is 4. The van der Waals surface area contributed by atoms with E-state index < -0.39 is 0 Å². The predicted molar refractivity (Wildman–Crippen MR) is 161 cm³/mol. The number of hydrogen-bond donors (Lipinski definition) is 4. The third-order valence-electron chi connectivity index (χ3n) is 6.82. The summed E-state index contributed by atoms with van der Waals surface area (Å²) in [6.45, 7) is 0. The second kappa shape index (κ2) is 11.5. The smallest absolute Gasteiger partial charge is 0.134 e. The van der Waals surface area contributed by atoms with Crippen molar-refractivity contribution in [3.63, 3.8) is 0 Å². The van der Waals surface area contributed by atoms with Crippen LogP contribution in [0, 0.1) is 0 Å². The monoisotopic (exact) mass is 610 g/mol. The minimum atomic E-state index is -0.363. The van der Waals surface area contributed by atoms with E-state index in [1.807, 2.05) is 48.5 Å². The van der Waals surface area contributed by atoms with Gasteiger partial charge in [0.15, 0.2) is 0 Å². The lowest BCUT2D eigenvalue weighted by atomic mass is 9.81. The Morgan fingerprint density at radius 1 is 0.325 bits per heavy atom. The summed E-state index contributed by atoms with van der Waals surface area (Å²) in [5, 5.41) is 42.3. The maximum absolute atomic E-state index is 10.3. The standard InChI is InChI=1S/C32H22Cl4O4/c33-23-9-5-19(13-27(23)37)31(20-6-10-24(34)28(38)14-20)17-1-2-18(4-3-17)32(21-7-11-25(35)29(39)15-21)22-8-12-26(36)30(40)16-22/h1-16,31-32,37-40H. The first-order chi connectivity index (χ1) is 19.1. The third kappa shape index (κ3) is 5.67. The van der Waals surface area contributed by atoms with Gasteiger partial charge in [-0.25, -0.2) is 0 Å². The maximum Gasteiger partial charge on any atom is 0.134 e. The predicted octanol–water partition coefficient (Wildman–Crippen LogP) is 9.48. The summed E-state index contributed by atoms with van der Waals surface area (Å²) in [6, 6.07) is 28.0. The minimum absolute atomic E-state index is 0.0517. The summed E-state index contributed by atoms with van der Waals surface area (Å²) >= 11 is 24.3. The van der Waals surface area contributed by atoms with Crippen LogP contribution in [0.25, 0.3) is 0 Å². The van der Waals surface area contributed by atoms with Crippen LogP contribution < -0.4 is 0 Å². The molecule has 4 N–H and O–H groups in total. The second-order valence-electron chi connectivity index (χ2n) is 9.38. The molecule has 8 heteroatoms. The number of benzene rings is 5. The SMILES string of the molecule is Oc1cc(C(c2ccc(C(c3ccc(Cl)c(O)c3)c3ccc(Cl)c(O)c3)cc2)c2ccc(Cl)c(O)c2)ccc1Cl. The fourth-order valence-electron chi connectivity index (χ4n) is 4.87. The maximum atomic E-state index is 10.3. The lowest BCUT2D eigenvalue weighted by Gasteiger charge is -2.23. The van der Waals surface area contributed by atoms with E-state index in [9.17, 15) is 20.4 Å². The third-order valence-corrected chi connectivity index (χ3v) is 8.10. The summed E-state index contributed by atoms with van der Waals surface area (Å²) in [5.74, 6) is -0.933. The van der Waals surface area contributed by atoms with E-state index in [2.05, 4.69) is 0 Å². The summed E-state index contributed by atoms with van der Waals surface area (Å²) in [6.07, 6.45) is 0. The molecule has 0 aromatic heterocycles. The molecule has 0 fully saturated rings. The molecule has 40 heavy (non-hydrogen) atoms. The van der Waals surface area contributed by atoms with Crippen molar-refractivity contribution in [2.75, 3.05) is 0 Å². The Bertz CT molecular complexity index is 1470. The molecule has 5 rings (SSSR count). The van der Waals surface area contributed by atoms with Gasteiger partial charge in [-0.2, -0.15) is 0 Å². The van der Waals surface area contributed by atoms with Crippen molar-refractivity contribution in [2.45, 2.75) is 11.8 Å². The topological polar surface area (TPSA) is 80.9 Å². The molecule has 202 valence electrons. The van der Waals surface area contributed by atoms with Gasteiger partial charge in [0.1, 0.15) is 23.0 Å². The lowest BCUT2D eigenvalue weighted by Crippen LogP contribution is -2.06. The fourth-order valence-corrected chi connectivity index (χ4v) is 5.34. The number of phenols is 4. The van der Waals surface area contributed by atoms with E-state index in [1.165, 1.54) is 0 Å². The Morgan fingerprint density at radius 2 is 0.525 bits per heavy atom. The van der Waals surface area contributed by atoms with Gasteiger partial charge in [-0.3, -0.25) is 0 Å². The highest BCUT2D eigenvalue weighted by atomic mass is 35.5. The van der Waals surface area contributed by atoms with Crippen LogP contribution in [0.3, 0.4) is 0 Å². The molecule has 0 atom stereocenters. The summed E-state index contributed by atoms with van der Waals surface area (Å²) in [7, 11) is 0. The molecule has 0 aliphatic rings. The Kier molecular flexibility index (Phi) is 8.07. The van der Waals surface area contributed by atoms with Gasteiger partial charge in [0.2, 0.25) is 0 Å². The van der Waals surface area contributed by atoms with Crippen LogP contribution in [0.5, 0.6) is 23.0 Å². The van der Waals surface area contributed by atoms with Crippen LogP contribution in [-0.2, 0) is 0 Å². The molecule has 0 amide bonds. The molecule has 0 saturated heterocycles. The van der Waals surface area contributed by atoms with Crippen LogP contribution in [0.2, 0.25) is 20.1 Å². The fraction of sp³-hybridized carbons (Fsp3) is 0.0625. The molecule has 0 bridgehead atoms. The number of hydrogen-bond acceptors (Lipinski definition) is 4. The van der Waals surface area contributed by atoms with E-state index in [0.717, 1.165) is 33.4 Å². The van der Waals surface area contributed by atoms with E-state index in [4.69, 9.17) is 46.4 Å². The molecule has 5 aromatic rings. The zero-order valence-electron chi connectivity index (χ0n) is 20.7. The lowest BCUT2D eigenvalue weighted by molar-refractivity contribution is 0.473. The highest BCUT2D eigenvalue weighted by Gasteiger charge is 2.23. The summed E-state index contributed by atoms with van der Waals surface area (Å²) < 4.78 is 0. The first-order valence-electron chi connectivity index (χ1n) is 12.2. The van der Waals surface area contributed by atoms with E-state index in [0.29, 0.717) is 0 Å². The van der Waals surface area contributed by atoms with Gasteiger partial charge >= 0.3 is 0 Å². The average Bonchev–Trinajstić information content (AvgIpc) is 2.93. The van der Waals surface area contributed by atoms with Crippen molar-refractivity contribution in [1.82, 2.24) is 0 Å². The van der Waals surface area contributed by atoms with Gasteiger partial charge in [-0.1, -0.05) is 94.9 Å². The molecule has 0 spiro atoms. The summed E-state index contributed by atoms with van der Waals surface area (Å²) in [5.41, 5.74) is 4.81. The van der Waals surface area contributed by atoms with Gasteiger partial charge in [0.25, 0.3) is 0 Å². The molecule has 0 radical (unpaired) electrons. The molecule has 0 aliphatic heterocycles. The second-order valence-corrected chi connectivity index (χ2v) is 11.0. The van der Waals surface area contributed by atoms with Crippen molar-refractivity contribution in [3.05, 3.63) is 151 Å². The molecule has 5 aromatic carbocycles. The highest BCUT2D eigenvalue weighted by Crippen LogP contribution is 2.41. The molecular weight excluding hydrogens is 590 g/mol. The van der Waals surface area contributed by atoms with Crippen LogP contribution in [0.1, 0.15) is 45.2 Å². The van der Waals surface area contributed by atoms with Gasteiger partial charge in [0, 0.05) is 11.8 Å². The Morgan fingerprint density at radius 3 is 0.725 bits per heavy atom. The first-order valence-corrected chi connectivity index (χ1v) is 13.7. The summed E-state index contributed by atoms with van der Waals surface area (Å²) in [4.78, 5) is 0. The van der Waals surface area contributed by atoms with Gasteiger partial charge in [0.05, 0.1) is 20.1 Å². The number of rotatable bonds is 6. The zero-order valence-corrected chi connectivity index (χ0v) is 23.7. The molecule has 0 aliphatic carbocycles. The van der Waals surface area contributed by atoms with Crippen LogP contribution in [0.15, 0.2) is 97.1 Å². The molecule has 0 unspecified atom stereocenters. The molecule has 0 heterocycles. The van der Waals surface area contributed by atoms with Crippen LogP contribution >= 0.6 is 46.4 Å². The normalized spacial score (nSPS) is 11.3. The van der Waals surface area contributed by atoms with Gasteiger partial charge in [-0.05, 0) is 81.9 Å². The van der Waals surface area contributed by atoms with E-state index in [-0.39, 0.29) is 54.9 Å². The van der Waals surface area contributed by atoms with E-state index >= 15 is 0 Å². The van der Waals surface area contributed by atoms with Crippen molar-refractivity contribution in [2.24, 2.45) is 0 Å². The number of halogens is 4. The Balaban J connectivity index is 1.63. The minimum Gasteiger partial charge on any atom is -0.506 e. The van der Waals surface area contributed by atoms with Crippen molar-refractivity contribution in [1.29, 1.82) is 0 Å².